The van der Waals surface area contributed by atoms with Crippen LogP contribution in [0, 0.1) is 6.92 Å². The number of thioether (sulfide) groups is 1. The second-order valence-corrected chi connectivity index (χ2v) is 5.02. The van der Waals surface area contributed by atoms with Crippen LogP contribution in [-0.4, -0.2) is 27.1 Å². The molecule has 2 aromatic rings. The van der Waals surface area contributed by atoms with Gasteiger partial charge in [-0.2, -0.15) is 16.7 Å². The molecule has 96 valence electrons. The molecule has 0 bridgehead atoms. The summed E-state index contributed by atoms with van der Waals surface area (Å²) < 4.78 is 5.22. The van der Waals surface area contributed by atoms with Crippen LogP contribution in [0.4, 0.5) is 0 Å². The van der Waals surface area contributed by atoms with E-state index in [9.17, 15) is 0 Å². The third kappa shape index (κ3) is 2.88. The van der Waals surface area contributed by atoms with E-state index in [0.717, 1.165) is 23.3 Å². The first-order valence-corrected chi connectivity index (χ1v) is 7.11. The van der Waals surface area contributed by atoms with E-state index in [1.807, 2.05) is 19.2 Å². The van der Waals surface area contributed by atoms with Crippen molar-refractivity contribution < 1.29 is 4.52 Å². The van der Waals surface area contributed by atoms with E-state index >= 15 is 0 Å². The van der Waals surface area contributed by atoms with E-state index in [4.69, 9.17) is 10.3 Å². The Morgan fingerprint density at radius 3 is 3.06 bits per heavy atom. The van der Waals surface area contributed by atoms with E-state index < -0.39 is 0 Å². The zero-order valence-corrected chi connectivity index (χ0v) is 11.3. The van der Waals surface area contributed by atoms with Gasteiger partial charge in [0, 0.05) is 18.0 Å². The third-order valence-electron chi connectivity index (χ3n) is 2.65. The fourth-order valence-corrected chi connectivity index (χ4v) is 2.08. The average Bonchev–Trinajstić information content (AvgIpc) is 2.86. The Labute approximate surface area is 110 Å². The van der Waals surface area contributed by atoms with E-state index in [2.05, 4.69) is 15.1 Å². The van der Waals surface area contributed by atoms with Gasteiger partial charge in [-0.3, -0.25) is 4.98 Å². The van der Waals surface area contributed by atoms with E-state index in [-0.39, 0.29) is 6.04 Å². The molecule has 18 heavy (non-hydrogen) atoms. The highest BCUT2D eigenvalue weighted by molar-refractivity contribution is 7.98. The lowest BCUT2D eigenvalue weighted by Crippen LogP contribution is -2.11. The SMILES string of the molecule is CSCC[C@@H](N)c1nc(-c2ccncc2C)no1. The van der Waals surface area contributed by atoms with Crippen LogP contribution >= 0.6 is 11.8 Å². The molecule has 1 atom stereocenters. The molecule has 2 rings (SSSR count). The van der Waals surface area contributed by atoms with Crippen molar-refractivity contribution in [2.45, 2.75) is 19.4 Å². The standard InChI is InChI=1S/C12H16N4OS/c1-8-7-14-5-3-9(8)11-15-12(17-16-11)10(13)4-6-18-2/h3,5,7,10H,4,6,13H2,1-2H3/t10-/m1/s1. The van der Waals surface area contributed by atoms with Crippen molar-refractivity contribution >= 4 is 11.8 Å². The molecule has 0 aliphatic heterocycles. The maximum atomic E-state index is 5.99. The molecule has 0 radical (unpaired) electrons. The van der Waals surface area contributed by atoms with Gasteiger partial charge < -0.3 is 10.3 Å². The maximum absolute atomic E-state index is 5.99. The summed E-state index contributed by atoms with van der Waals surface area (Å²) in [5.41, 5.74) is 7.93. The average molecular weight is 264 g/mol. The minimum Gasteiger partial charge on any atom is -0.337 e. The Kier molecular flexibility index (Phi) is 4.33. The molecule has 0 saturated carbocycles. The summed E-state index contributed by atoms with van der Waals surface area (Å²) >= 11 is 1.75. The summed E-state index contributed by atoms with van der Waals surface area (Å²) in [7, 11) is 0. The summed E-state index contributed by atoms with van der Waals surface area (Å²) in [6.07, 6.45) is 6.37. The smallest absolute Gasteiger partial charge is 0.243 e. The number of nitrogens with zero attached hydrogens (tertiary/aromatic N) is 3. The van der Waals surface area contributed by atoms with Crippen molar-refractivity contribution in [2.24, 2.45) is 5.73 Å². The monoisotopic (exact) mass is 264 g/mol. The molecule has 0 spiro atoms. The predicted molar refractivity (Wildman–Crippen MR) is 72.2 cm³/mol. The first-order valence-electron chi connectivity index (χ1n) is 5.71. The minimum atomic E-state index is -0.194. The van der Waals surface area contributed by atoms with Gasteiger partial charge in [-0.05, 0) is 37.0 Å². The predicted octanol–water partition coefficient (Wildman–Crippen LogP) is 2.19. The van der Waals surface area contributed by atoms with Crippen LogP contribution in [0.15, 0.2) is 23.0 Å². The van der Waals surface area contributed by atoms with Gasteiger partial charge in [-0.15, -0.1) is 0 Å². The highest BCUT2D eigenvalue weighted by Crippen LogP contribution is 2.21. The molecule has 0 fully saturated rings. The molecule has 2 aromatic heterocycles. The van der Waals surface area contributed by atoms with Gasteiger partial charge in [0.1, 0.15) is 0 Å². The zero-order valence-electron chi connectivity index (χ0n) is 10.5. The molecular weight excluding hydrogens is 248 g/mol. The minimum absolute atomic E-state index is 0.194. The molecular formula is C12H16N4OS. The van der Waals surface area contributed by atoms with E-state index in [0.29, 0.717) is 11.7 Å². The second kappa shape index (κ2) is 5.97. The maximum Gasteiger partial charge on any atom is 0.243 e. The van der Waals surface area contributed by atoms with Crippen LogP contribution in [0.2, 0.25) is 0 Å². The zero-order chi connectivity index (χ0) is 13.0. The number of hydrogen-bond acceptors (Lipinski definition) is 6. The van der Waals surface area contributed by atoms with Crippen molar-refractivity contribution in [3.8, 4) is 11.4 Å². The normalized spacial score (nSPS) is 12.6. The molecule has 6 heteroatoms. The summed E-state index contributed by atoms with van der Waals surface area (Å²) in [5.74, 6) is 2.05. The molecule has 0 aromatic carbocycles. The number of aryl methyl sites for hydroxylation is 1. The summed E-state index contributed by atoms with van der Waals surface area (Å²) in [6.45, 7) is 1.96. The Bertz CT molecular complexity index is 514. The molecule has 0 amide bonds. The molecule has 0 saturated heterocycles. The number of aromatic nitrogens is 3. The van der Waals surface area contributed by atoms with Gasteiger partial charge >= 0.3 is 0 Å². The molecule has 2 heterocycles. The molecule has 0 aliphatic carbocycles. The molecule has 2 N–H and O–H groups in total. The van der Waals surface area contributed by atoms with Crippen LogP contribution in [0.5, 0.6) is 0 Å². The summed E-state index contributed by atoms with van der Waals surface area (Å²) in [6, 6.07) is 1.68. The highest BCUT2D eigenvalue weighted by Gasteiger charge is 2.16. The Balaban J connectivity index is 2.18. The van der Waals surface area contributed by atoms with Gasteiger partial charge in [0.05, 0.1) is 6.04 Å². The highest BCUT2D eigenvalue weighted by atomic mass is 32.2. The van der Waals surface area contributed by atoms with Crippen LogP contribution in [0.1, 0.15) is 23.9 Å². The van der Waals surface area contributed by atoms with Gasteiger partial charge in [0.25, 0.3) is 0 Å². The van der Waals surface area contributed by atoms with Gasteiger partial charge in [0.2, 0.25) is 11.7 Å². The number of hydrogen-bond donors (Lipinski definition) is 1. The quantitative estimate of drug-likeness (QED) is 0.892. The summed E-state index contributed by atoms with van der Waals surface area (Å²) in [5, 5.41) is 3.98. The van der Waals surface area contributed by atoms with Crippen molar-refractivity contribution in [3.05, 3.63) is 29.9 Å². The lowest BCUT2D eigenvalue weighted by molar-refractivity contribution is 0.353. The number of rotatable bonds is 5. The van der Waals surface area contributed by atoms with Crippen LogP contribution in [0.25, 0.3) is 11.4 Å². The largest absolute Gasteiger partial charge is 0.337 e. The van der Waals surface area contributed by atoms with Crippen LogP contribution < -0.4 is 5.73 Å². The first-order chi connectivity index (χ1) is 8.72. The van der Waals surface area contributed by atoms with Crippen molar-refractivity contribution in [2.75, 3.05) is 12.0 Å². The van der Waals surface area contributed by atoms with Gasteiger partial charge in [-0.1, -0.05) is 5.16 Å². The lowest BCUT2D eigenvalue weighted by atomic mass is 10.1. The van der Waals surface area contributed by atoms with Crippen molar-refractivity contribution in [1.29, 1.82) is 0 Å². The van der Waals surface area contributed by atoms with Crippen LogP contribution in [-0.2, 0) is 0 Å². The fourth-order valence-electron chi connectivity index (χ4n) is 1.59. The van der Waals surface area contributed by atoms with Crippen LogP contribution in [0.3, 0.4) is 0 Å². The van der Waals surface area contributed by atoms with E-state index in [1.165, 1.54) is 0 Å². The van der Waals surface area contributed by atoms with Gasteiger partial charge in [0.15, 0.2) is 0 Å². The van der Waals surface area contributed by atoms with E-state index in [1.54, 1.807) is 24.2 Å². The third-order valence-corrected chi connectivity index (χ3v) is 3.30. The Morgan fingerprint density at radius 1 is 1.50 bits per heavy atom. The second-order valence-electron chi connectivity index (χ2n) is 4.03. The molecule has 0 unspecified atom stereocenters. The lowest BCUT2D eigenvalue weighted by Gasteiger charge is -2.03. The first kappa shape index (κ1) is 13.0. The fraction of sp³-hybridized carbons (Fsp3) is 0.417. The number of nitrogens with two attached hydrogens (primary N) is 1. The van der Waals surface area contributed by atoms with Crippen molar-refractivity contribution in [3.63, 3.8) is 0 Å². The Hall–Kier alpha value is -1.40. The molecule has 5 nitrogen and oxygen atoms in total. The van der Waals surface area contributed by atoms with Gasteiger partial charge in [-0.25, -0.2) is 0 Å². The topological polar surface area (TPSA) is 77.8 Å². The number of pyridine rings is 1. The van der Waals surface area contributed by atoms with Crippen molar-refractivity contribution in [1.82, 2.24) is 15.1 Å². The summed E-state index contributed by atoms with van der Waals surface area (Å²) in [4.78, 5) is 8.39. The Morgan fingerprint density at radius 2 is 2.33 bits per heavy atom. The molecule has 0 aliphatic rings.